The molecule has 0 spiro atoms. The molecule has 2 aromatic rings. The van der Waals surface area contributed by atoms with Crippen molar-refractivity contribution in [2.45, 2.75) is 51.7 Å². The first-order chi connectivity index (χ1) is 13.1. The summed E-state index contributed by atoms with van der Waals surface area (Å²) in [6.07, 6.45) is 5.24. The minimum atomic E-state index is -0.636. The van der Waals surface area contributed by atoms with E-state index < -0.39 is 6.04 Å². The van der Waals surface area contributed by atoms with Crippen molar-refractivity contribution in [2.75, 3.05) is 13.1 Å². The molecule has 1 unspecified atom stereocenters. The van der Waals surface area contributed by atoms with Crippen molar-refractivity contribution in [1.82, 2.24) is 10.2 Å². The van der Waals surface area contributed by atoms with Crippen molar-refractivity contribution >= 4 is 5.91 Å². The molecular weight excluding hydrogens is 334 g/mol. The van der Waals surface area contributed by atoms with E-state index >= 15 is 0 Å². The fourth-order valence-electron chi connectivity index (χ4n) is 3.64. The summed E-state index contributed by atoms with van der Waals surface area (Å²) in [4.78, 5) is 15.0. The quantitative estimate of drug-likeness (QED) is 0.821. The summed E-state index contributed by atoms with van der Waals surface area (Å²) in [5, 5.41) is 3.02. The van der Waals surface area contributed by atoms with Gasteiger partial charge in [0.2, 0.25) is 5.91 Å². The number of likely N-dealkylation sites (tertiary alicyclic amines) is 1. The van der Waals surface area contributed by atoms with Gasteiger partial charge in [-0.25, -0.2) is 0 Å². The third-order valence-electron chi connectivity index (χ3n) is 5.38. The predicted molar refractivity (Wildman–Crippen MR) is 110 cm³/mol. The molecule has 1 atom stereocenters. The van der Waals surface area contributed by atoms with Crippen LogP contribution in [0.4, 0.5) is 0 Å². The molecule has 4 nitrogen and oxygen atoms in total. The molecule has 0 bridgehead atoms. The van der Waals surface area contributed by atoms with E-state index in [9.17, 15) is 4.79 Å². The minimum absolute atomic E-state index is 0.136. The topological polar surface area (TPSA) is 58.4 Å². The van der Waals surface area contributed by atoms with Crippen LogP contribution in [-0.2, 0) is 17.9 Å². The highest BCUT2D eigenvalue weighted by molar-refractivity contribution is 5.82. The van der Waals surface area contributed by atoms with Gasteiger partial charge in [-0.3, -0.25) is 9.69 Å². The first-order valence-electron chi connectivity index (χ1n) is 10.0. The van der Waals surface area contributed by atoms with Gasteiger partial charge < -0.3 is 11.1 Å². The van der Waals surface area contributed by atoms with Gasteiger partial charge in [0.1, 0.15) is 6.04 Å². The van der Waals surface area contributed by atoms with Crippen LogP contribution in [0.2, 0.25) is 0 Å². The Hall–Kier alpha value is -2.17. The van der Waals surface area contributed by atoms with Gasteiger partial charge in [0.25, 0.3) is 0 Å². The number of benzene rings is 2. The molecule has 0 aromatic heterocycles. The number of aryl methyl sites for hydroxylation is 1. The van der Waals surface area contributed by atoms with Crippen molar-refractivity contribution in [2.24, 2.45) is 5.73 Å². The highest BCUT2D eigenvalue weighted by Gasteiger charge is 2.16. The molecule has 1 amide bonds. The second-order valence-electron chi connectivity index (χ2n) is 7.57. The predicted octanol–water partition coefficient (Wildman–Crippen LogP) is 3.69. The minimum Gasteiger partial charge on any atom is -0.350 e. The van der Waals surface area contributed by atoms with E-state index in [1.807, 2.05) is 37.3 Å². The number of carbonyl (C=O) groups excluding carboxylic acids is 1. The number of nitrogens with zero attached hydrogens (tertiary/aromatic N) is 1. The van der Waals surface area contributed by atoms with Gasteiger partial charge in [-0.2, -0.15) is 0 Å². The maximum absolute atomic E-state index is 12.5. The first kappa shape index (κ1) is 19.6. The molecule has 0 aliphatic carbocycles. The highest BCUT2D eigenvalue weighted by Crippen LogP contribution is 2.17. The third-order valence-corrected chi connectivity index (χ3v) is 5.38. The summed E-state index contributed by atoms with van der Waals surface area (Å²) >= 11 is 0. The average molecular weight is 366 g/mol. The lowest BCUT2D eigenvalue weighted by molar-refractivity contribution is -0.122. The van der Waals surface area contributed by atoms with E-state index in [-0.39, 0.29) is 5.91 Å². The maximum Gasteiger partial charge on any atom is 0.241 e. The largest absolute Gasteiger partial charge is 0.350 e. The Morgan fingerprint density at radius 3 is 2.30 bits per heavy atom. The third kappa shape index (κ3) is 5.65. The van der Waals surface area contributed by atoms with E-state index in [4.69, 9.17) is 5.73 Å². The van der Waals surface area contributed by atoms with Crippen LogP contribution in [0, 0.1) is 6.92 Å². The van der Waals surface area contributed by atoms with E-state index in [0.717, 1.165) is 17.7 Å². The molecule has 1 aliphatic rings. The number of hydrogen-bond acceptors (Lipinski definition) is 3. The van der Waals surface area contributed by atoms with Gasteiger partial charge in [0.15, 0.2) is 0 Å². The van der Waals surface area contributed by atoms with Gasteiger partial charge in [-0.05, 0) is 49.5 Å². The molecule has 2 aromatic carbocycles. The number of amides is 1. The normalized spacial score (nSPS) is 16.5. The molecule has 1 aliphatic heterocycles. The number of rotatable bonds is 6. The van der Waals surface area contributed by atoms with Gasteiger partial charge in [0, 0.05) is 13.1 Å². The van der Waals surface area contributed by atoms with Gasteiger partial charge in [-0.15, -0.1) is 0 Å². The Balaban J connectivity index is 1.60. The molecule has 144 valence electrons. The van der Waals surface area contributed by atoms with Crippen LogP contribution in [-0.4, -0.2) is 23.9 Å². The standard InChI is InChI=1S/C23H31N3O/c1-18-10-12-19(13-11-18)22(24)23(27)25-16-20-8-4-5-9-21(20)17-26-14-6-2-3-7-15-26/h4-5,8-13,22H,2-3,6-7,14-17,24H2,1H3,(H,25,27). The van der Waals surface area contributed by atoms with E-state index in [1.54, 1.807) is 0 Å². The summed E-state index contributed by atoms with van der Waals surface area (Å²) in [5.41, 5.74) is 10.6. The summed E-state index contributed by atoms with van der Waals surface area (Å²) in [5.74, 6) is -0.136. The van der Waals surface area contributed by atoms with Crippen molar-refractivity contribution < 1.29 is 4.79 Å². The van der Waals surface area contributed by atoms with Gasteiger partial charge in [0.05, 0.1) is 0 Å². The van der Waals surface area contributed by atoms with E-state index in [0.29, 0.717) is 6.54 Å². The maximum atomic E-state index is 12.5. The average Bonchev–Trinajstić information content (AvgIpc) is 2.96. The molecule has 1 heterocycles. The Labute approximate surface area is 162 Å². The lowest BCUT2D eigenvalue weighted by atomic mass is 10.0. The van der Waals surface area contributed by atoms with Crippen LogP contribution < -0.4 is 11.1 Å². The van der Waals surface area contributed by atoms with Crippen molar-refractivity contribution in [3.63, 3.8) is 0 Å². The number of nitrogens with two attached hydrogens (primary N) is 1. The second kappa shape index (κ2) is 9.67. The molecule has 0 radical (unpaired) electrons. The smallest absolute Gasteiger partial charge is 0.241 e. The van der Waals surface area contributed by atoms with Crippen molar-refractivity contribution in [3.8, 4) is 0 Å². The Kier molecular flexibility index (Phi) is 7.02. The van der Waals surface area contributed by atoms with Crippen LogP contribution >= 0.6 is 0 Å². The fraction of sp³-hybridized carbons (Fsp3) is 0.435. The molecule has 1 fully saturated rings. The molecule has 3 rings (SSSR count). The second-order valence-corrected chi connectivity index (χ2v) is 7.57. The number of carbonyl (C=O) groups is 1. The lowest BCUT2D eigenvalue weighted by Gasteiger charge is -2.22. The van der Waals surface area contributed by atoms with Crippen molar-refractivity contribution in [3.05, 3.63) is 70.8 Å². The van der Waals surface area contributed by atoms with Crippen LogP contribution in [0.15, 0.2) is 48.5 Å². The molecule has 27 heavy (non-hydrogen) atoms. The zero-order valence-corrected chi connectivity index (χ0v) is 16.3. The first-order valence-corrected chi connectivity index (χ1v) is 10.0. The Bertz CT molecular complexity index is 734. The van der Waals surface area contributed by atoms with Crippen LogP contribution in [0.1, 0.15) is 54.0 Å². The Morgan fingerprint density at radius 1 is 1.00 bits per heavy atom. The zero-order chi connectivity index (χ0) is 19.1. The summed E-state index contributed by atoms with van der Waals surface area (Å²) in [6.45, 7) is 5.83. The van der Waals surface area contributed by atoms with Gasteiger partial charge >= 0.3 is 0 Å². The molecule has 3 N–H and O–H groups in total. The van der Waals surface area contributed by atoms with Crippen LogP contribution in [0.5, 0.6) is 0 Å². The van der Waals surface area contributed by atoms with E-state index in [2.05, 4.69) is 28.4 Å². The summed E-state index contributed by atoms with van der Waals surface area (Å²) < 4.78 is 0. The van der Waals surface area contributed by atoms with E-state index in [1.165, 1.54) is 49.9 Å². The lowest BCUT2D eigenvalue weighted by Crippen LogP contribution is -2.34. The molecular formula is C23H31N3O. The monoisotopic (exact) mass is 365 g/mol. The summed E-state index contributed by atoms with van der Waals surface area (Å²) in [6, 6.07) is 15.6. The SMILES string of the molecule is Cc1ccc(C(N)C(=O)NCc2ccccc2CN2CCCCCC2)cc1. The zero-order valence-electron chi connectivity index (χ0n) is 16.3. The number of hydrogen-bond donors (Lipinski definition) is 2. The Morgan fingerprint density at radius 2 is 1.63 bits per heavy atom. The van der Waals surface area contributed by atoms with Crippen LogP contribution in [0.3, 0.4) is 0 Å². The molecule has 0 saturated carbocycles. The van der Waals surface area contributed by atoms with Crippen molar-refractivity contribution in [1.29, 1.82) is 0 Å². The molecule has 1 saturated heterocycles. The van der Waals surface area contributed by atoms with Gasteiger partial charge in [-0.1, -0.05) is 66.9 Å². The molecule has 4 heteroatoms. The highest BCUT2D eigenvalue weighted by atomic mass is 16.2. The summed E-state index contributed by atoms with van der Waals surface area (Å²) in [7, 11) is 0. The van der Waals surface area contributed by atoms with Crippen LogP contribution in [0.25, 0.3) is 0 Å². The number of nitrogens with one attached hydrogen (secondary N) is 1. The fourth-order valence-corrected chi connectivity index (χ4v) is 3.64.